The minimum atomic E-state index is -4.67. The molecule has 0 radical (unpaired) electrons. The predicted octanol–water partition coefficient (Wildman–Crippen LogP) is 0.103. The van der Waals surface area contributed by atoms with Crippen molar-refractivity contribution >= 4 is 22.2 Å². The van der Waals surface area contributed by atoms with Crippen LogP contribution in [0.3, 0.4) is 0 Å². The van der Waals surface area contributed by atoms with E-state index >= 15 is 0 Å². The number of guanidine groups is 1. The molecule has 0 saturated heterocycles. The van der Waals surface area contributed by atoms with E-state index in [4.69, 9.17) is 22.9 Å². The maximum atomic E-state index is 8.74. The average molecular weight is 265 g/mol. The Morgan fingerprint density at radius 1 is 1.59 bits per heavy atom. The molecule has 1 aromatic heterocycles. The Kier molecular flexibility index (Phi) is 6.86. The van der Waals surface area contributed by atoms with Gasteiger partial charge in [0.15, 0.2) is 11.8 Å². The van der Waals surface area contributed by atoms with E-state index in [1.165, 1.54) is 0 Å². The van der Waals surface area contributed by atoms with Crippen LogP contribution in [0.5, 0.6) is 0 Å². The van der Waals surface area contributed by atoms with Gasteiger partial charge in [0.25, 0.3) is 0 Å². The summed E-state index contributed by atoms with van der Waals surface area (Å²) in [6, 6.07) is 0. The summed E-state index contributed by atoms with van der Waals surface area (Å²) < 4.78 is 31.6. The van der Waals surface area contributed by atoms with Crippen LogP contribution in [0.2, 0.25) is 0 Å². The Bertz CT molecular complexity index is 407. The van der Waals surface area contributed by atoms with Crippen molar-refractivity contribution in [3.05, 3.63) is 12.5 Å². The van der Waals surface area contributed by atoms with E-state index in [9.17, 15) is 0 Å². The number of nitrogens with one attached hydrogen (secondary N) is 4. The summed E-state index contributed by atoms with van der Waals surface area (Å²) in [4.78, 5) is 6.71. The summed E-state index contributed by atoms with van der Waals surface area (Å²) in [6.07, 6.45) is 4.27. The van der Waals surface area contributed by atoms with Crippen molar-refractivity contribution in [3.63, 3.8) is 0 Å². The van der Waals surface area contributed by atoms with Crippen LogP contribution in [0.25, 0.3) is 0 Å². The van der Waals surface area contributed by atoms with Crippen LogP contribution in [-0.4, -0.2) is 40.0 Å². The van der Waals surface area contributed by atoms with Gasteiger partial charge in [-0.2, -0.15) is 8.42 Å². The third-order valence-corrected chi connectivity index (χ3v) is 1.30. The van der Waals surface area contributed by atoms with E-state index in [1.54, 1.807) is 12.5 Å². The molecular weight excluding hydrogens is 250 g/mol. The highest BCUT2D eigenvalue weighted by Crippen LogP contribution is 1.95. The molecule has 0 aliphatic rings. The number of aromatic amines is 1. The lowest BCUT2D eigenvalue weighted by molar-refractivity contribution is 0.381. The summed E-state index contributed by atoms with van der Waals surface area (Å²) >= 11 is 0. The van der Waals surface area contributed by atoms with Crippen LogP contribution in [0.15, 0.2) is 12.5 Å². The van der Waals surface area contributed by atoms with Gasteiger partial charge in [-0.3, -0.25) is 14.5 Å². The van der Waals surface area contributed by atoms with Gasteiger partial charge < -0.3 is 15.6 Å². The van der Waals surface area contributed by atoms with Crippen LogP contribution in [0.1, 0.15) is 13.3 Å². The zero-order valence-corrected chi connectivity index (χ0v) is 9.95. The number of rotatable bonds is 3. The Hall–Kier alpha value is -1.65. The second kappa shape index (κ2) is 7.60. The first kappa shape index (κ1) is 15.3. The van der Waals surface area contributed by atoms with Gasteiger partial charge in [-0.25, -0.2) is 4.98 Å². The molecule has 0 aliphatic carbocycles. The number of hydrogen-bond acceptors (Lipinski definition) is 4. The fourth-order valence-electron chi connectivity index (χ4n) is 0.751. The third kappa shape index (κ3) is 12.3. The van der Waals surface area contributed by atoms with Crippen molar-refractivity contribution < 1.29 is 17.5 Å². The zero-order valence-electron chi connectivity index (χ0n) is 9.14. The lowest BCUT2D eigenvalue weighted by atomic mass is 10.5. The van der Waals surface area contributed by atoms with Crippen LogP contribution >= 0.6 is 0 Å². The number of imidazole rings is 1. The van der Waals surface area contributed by atoms with Crippen LogP contribution < -0.4 is 10.6 Å². The summed E-state index contributed by atoms with van der Waals surface area (Å²) in [6.45, 7) is 2.85. The molecule has 98 valence electrons. The molecule has 0 unspecified atom stereocenters. The number of anilines is 1. The molecule has 6 N–H and O–H groups in total. The molecule has 1 aromatic rings. The van der Waals surface area contributed by atoms with E-state index in [0.717, 1.165) is 13.0 Å². The standard InChI is InChI=1S/C7H13N5.H2O4S/c1-2-3-10-7(8)12-6-4-9-5-11-6;1-5(2,3)4/h4-5H,2-3H2,1H3,(H,9,11)(H3,8,10,12);(H2,1,2,3,4). The quantitative estimate of drug-likeness (QED) is 0.257. The fraction of sp³-hybridized carbons (Fsp3) is 0.429. The van der Waals surface area contributed by atoms with Gasteiger partial charge in [0.05, 0.1) is 6.33 Å². The lowest BCUT2D eigenvalue weighted by Gasteiger charge is -2.05. The molecule has 9 nitrogen and oxygen atoms in total. The Labute approximate surface area is 98.7 Å². The van der Waals surface area contributed by atoms with E-state index < -0.39 is 10.4 Å². The minimum Gasteiger partial charge on any atom is -0.356 e. The largest absolute Gasteiger partial charge is 0.394 e. The summed E-state index contributed by atoms with van der Waals surface area (Å²) in [5, 5.41) is 13.1. The Morgan fingerprint density at radius 2 is 2.18 bits per heavy atom. The normalized spacial score (nSPS) is 10.1. The molecule has 17 heavy (non-hydrogen) atoms. The summed E-state index contributed by atoms with van der Waals surface area (Å²) in [7, 11) is -4.67. The van der Waals surface area contributed by atoms with Gasteiger partial charge in [-0.15, -0.1) is 0 Å². The SMILES string of the molecule is CCCNC(=N)Nc1c[nH]cn1.O=S(=O)(O)O. The molecule has 0 saturated carbocycles. The van der Waals surface area contributed by atoms with Gasteiger partial charge in [-0.1, -0.05) is 6.92 Å². The second-order valence-corrected chi connectivity index (χ2v) is 3.72. The molecular formula is C7H15N5O4S. The molecule has 0 aromatic carbocycles. The molecule has 1 rings (SSSR count). The minimum absolute atomic E-state index is 0.281. The zero-order chi connectivity index (χ0) is 13.3. The maximum Gasteiger partial charge on any atom is 0.394 e. The predicted molar refractivity (Wildman–Crippen MR) is 62.4 cm³/mol. The number of hydrogen-bond donors (Lipinski definition) is 6. The van der Waals surface area contributed by atoms with Crippen molar-refractivity contribution in [3.8, 4) is 0 Å². The summed E-state index contributed by atoms with van der Waals surface area (Å²) in [5.74, 6) is 0.938. The smallest absolute Gasteiger partial charge is 0.356 e. The first-order valence-electron chi connectivity index (χ1n) is 4.61. The van der Waals surface area contributed by atoms with Gasteiger partial charge in [0, 0.05) is 12.7 Å². The van der Waals surface area contributed by atoms with Gasteiger partial charge in [-0.05, 0) is 6.42 Å². The molecule has 0 atom stereocenters. The van der Waals surface area contributed by atoms with Gasteiger partial charge in [0.1, 0.15) is 0 Å². The van der Waals surface area contributed by atoms with E-state index in [2.05, 4.69) is 27.5 Å². The average Bonchev–Trinajstić information content (AvgIpc) is 2.64. The molecule has 0 fully saturated rings. The topological polar surface area (TPSA) is 151 Å². The molecule has 0 aliphatic heterocycles. The molecule has 0 amide bonds. The fourth-order valence-corrected chi connectivity index (χ4v) is 0.751. The van der Waals surface area contributed by atoms with Gasteiger partial charge in [0.2, 0.25) is 0 Å². The lowest BCUT2D eigenvalue weighted by Crippen LogP contribution is -2.30. The highest BCUT2D eigenvalue weighted by molar-refractivity contribution is 7.79. The Morgan fingerprint density at radius 3 is 2.59 bits per heavy atom. The first-order chi connectivity index (χ1) is 7.83. The Balaban J connectivity index is 0.000000437. The second-order valence-electron chi connectivity index (χ2n) is 2.83. The molecule has 10 heteroatoms. The number of H-pyrrole nitrogens is 1. The monoisotopic (exact) mass is 265 g/mol. The van der Waals surface area contributed by atoms with Crippen molar-refractivity contribution in [1.82, 2.24) is 15.3 Å². The molecule has 0 bridgehead atoms. The summed E-state index contributed by atoms with van der Waals surface area (Å²) in [5.41, 5.74) is 0. The van der Waals surface area contributed by atoms with E-state index in [0.29, 0.717) is 5.82 Å². The van der Waals surface area contributed by atoms with Crippen molar-refractivity contribution in [2.45, 2.75) is 13.3 Å². The van der Waals surface area contributed by atoms with Crippen LogP contribution in [0.4, 0.5) is 5.82 Å². The molecule has 0 spiro atoms. The van der Waals surface area contributed by atoms with Gasteiger partial charge >= 0.3 is 10.4 Å². The number of aromatic nitrogens is 2. The van der Waals surface area contributed by atoms with E-state index in [1.807, 2.05) is 0 Å². The number of nitrogens with zero attached hydrogens (tertiary/aromatic N) is 1. The van der Waals surface area contributed by atoms with Crippen LogP contribution in [0, 0.1) is 5.41 Å². The highest BCUT2D eigenvalue weighted by atomic mass is 32.3. The first-order valence-corrected chi connectivity index (χ1v) is 6.00. The van der Waals surface area contributed by atoms with Crippen LogP contribution in [-0.2, 0) is 10.4 Å². The maximum absolute atomic E-state index is 8.74. The highest BCUT2D eigenvalue weighted by Gasteiger charge is 1.96. The van der Waals surface area contributed by atoms with E-state index in [-0.39, 0.29) is 5.96 Å². The van der Waals surface area contributed by atoms with Crippen molar-refractivity contribution in [2.75, 3.05) is 11.9 Å². The molecule has 1 heterocycles. The van der Waals surface area contributed by atoms with Crippen molar-refractivity contribution in [1.29, 1.82) is 5.41 Å². The third-order valence-electron chi connectivity index (χ3n) is 1.30. The van der Waals surface area contributed by atoms with Crippen molar-refractivity contribution in [2.24, 2.45) is 0 Å².